The minimum absolute atomic E-state index is 0.0160. The van der Waals surface area contributed by atoms with E-state index in [9.17, 15) is 9.59 Å². The molecule has 3 aliphatic rings. The molecule has 0 bridgehead atoms. The van der Waals surface area contributed by atoms with Gasteiger partial charge in [-0.05, 0) is 36.9 Å². The van der Waals surface area contributed by atoms with Crippen LogP contribution in [-0.4, -0.2) is 50.1 Å². The zero-order valence-electron chi connectivity index (χ0n) is 16.3. The van der Waals surface area contributed by atoms with Gasteiger partial charge in [0.2, 0.25) is 5.91 Å². The molecule has 0 radical (unpaired) electrons. The van der Waals surface area contributed by atoms with Crippen molar-refractivity contribution in [2.24, 2.45) is 11.8 Å². The van der Waals surface area contributed by atoms with E-state index < -0.39 is 11.4 Å². The molecule has 6 nitrogen and oxygen atoms in total. The van der Waals surface area contributed by atoms with Crippen LogP contribution in [0.1, 0.15) is 18.4 Å². The fraction of sp³-hybridized carbons (Fsp3) is 0.455. The van der Waals surface area contributed by atoms with E-state index >= 15 is 0 Å². The Morgan fingerprint density at radius 3 is 2.86 bits per heavy atom. The van der Waals surface area contributed by atoms with E-state index in [0.717, 1.165) is 30.8 Å². The van der Waals surface area contributed by atoms with Gasteiger partial charge in [-0.1, -0.05) is 24.3 Å². The van der Waals surface area contributed by atoms with Gasteiger partial charge in [0.05, 0.1) is 31.5 Å². The zero-order valence-corrected chi connectivity index (χ0v) is 16.3. The summed E-state index contributed by atoms with van der Waals surface area (Å²) in [5.74, 6) is -0.351. The van der Waals surface area contributed by atoms with Crippen molar-refractivity contribution in [3.8, 4) is 0 Å². The maximum Gasteiger partial charge on any atom is 0.337 e. The summed E-state index contributed by atoms with van der Waals surface area (Å²) < 4.78 is 10.2. The molecule has 1 N–H and O–H groups in total. The average Bonchev–Trinajstić information content (AvgIpc) is 3.23. The van der Waals surface area contributed by atoms with Crippen LogP contribution in [0.3, 0.4) is 0 Å². The molecule has 6 heteroatoms. The number of amides is 1. The first kappa shape index (κ1) is 18.7. The fourth-order valence-corrected chi connectivity index (χ4v) is 5.38. The Morgan fingerprint density at radius 1 is 1.36 bits per heavy atom. The Labute approximate surface area is 165 Å². The Morgan fingerprint density at radius 2 is 2.14 bits per heavy atom. The van der Waals surface area contributed by atoms with Crippen LogP contribution in [-0.2, 0) is 24.5 Å². The molecular formula is C22H26N2O4. The number of methoxy groups -OCH3 is 2. The number of para-hydroxylation sites is 1. The first-order valence-corrected chi connectivity index (χ1v) is 9.65. The second-order valence-corrected chi connectivity index (χ2v) is 7.77. The molecule has 2 fully saturated rings. The molecular weight excluding hydrogens is 356 g/mol. The number of rotatable bonds is 4. The number of nitrogens with one attached hydrogen (secondary N) is 1. The van der Waals surface area contributed by atoms with E-state index in [1.165, 1.54) is 20.5 Å². The van der Waals surface area contributed by atoms with Gasteiger partial charge in [-0.25, -0.2) is 4.79 Å². The molecule has 0 aliphatic carbocycles. The van der Waals surface area contributed by atoms with E-state index in [0.29, 0.717) is 12.0 Å². The smallest absolute Gasteiger partial charge is 0.337 e. The summed E-state index contributed by atoms with van der Waals surface area (Å²) in [4.78, 5) is 28.0. The first-order chi connectivity index (χ1) is 13.6. The standard InChI is InChI=1S/C22H26N2O4/c1-4-14-12-24-10-9-22(17-7-5-6-8-18(17)23-21(22)26)19(24)11-15(14)16(13-27-2)20(25)28-3/h4-8,13-15,19H,1,9-12H2,2-3H3,(H,23,26)/b16-13+/t14?,15-,19-,22-/m0/s1. The molecule has 1 unspecified atom stereocenters. The lowest BCUT2D eigenvalue weighted by atomic mass is 9.68. The number of hydrogen-bond donors (Lipinski definition) is 1. The predicted molar refractivity (Wildman–Crippen MR) is 106 cm³/mol. The summed E-state index contributed by atoms with van der Waals surface area (Å²) in [6.45, 7) is 5.60. The number of esters is 1. The van der Waals surface area contributed by atoms with Gasteiger partial charge in [-0.2, -0.15) is 0 Å². The van der Waals surface area contributed by atoms with Crippen molar-refractivity contribution >= 4 is 17.6 Å². The van der Waals surface area contributed by atoms with Crippen LogP contribution in [0, 0.1) is 11.8 Å². The quantitative estimate of drug-likeness (QED) is 0.375. The Kier molecular flexibility index (Phi) is 4.75. The van der Waals surface area contributed by atoms with Crippen molar-refractivity contribution in [3.05, 3.63) is 54.3 Å². The number of carbonyl (C=O) groups excluding carboxylic acids is 2. The number of fused-ring (bicyclic) bond motifs is 4. The highest BCUT2D eigenvalue weighted by Crippen LogP contribution is 2.52. The summed E-state index contributed by atoms with van der Waals surface area (Å²) in [6, 6.07) is 7.96. The van der Waals surface area contributed by atoms with E-state index in [1.54, 1.807) is 0 Å². The van der Waals surface area contributed by atoms with Crippen molar-refractivity contribution in [3.63, 3.8) is 0 Å². The topological polar surface area (TPSA) is 67.9 Å². The van der Waals surface area contributed by atoms with Crippen LogP contribution in [0.25, 0.3) is 0 Å². The molecule has 3 heterocycles. The van der Waals surface area contributed by atoms with Crippen LogP contribution in [0.5, 0.6) is 0 Å². The van der Waals surface area contributed by atoms with Crippen molar-refractivity contribution in [2.75, 3.05) is 32.6 Å². The third kappa shape index (κ3) is 2.58. The fourth-order valence-electron chi connectivity index (χ4n) is 5.38. The third-order valence-corrected chi connectivity index (χ3v) is 6.67. The lowest BCUT2D eigenvalue weighted by molar-refractivity contribution is -0.137. The molecule has 4 rings (SSSR count). The summed E-state index contributed by atoms with van der Waals surface area (Å²) in [5, 5.41) is 3.07. The second-order valence-electron chi connectivity index (χ2n) is 7.77. The Hall–Kier alpha value is -2.60. The predicted octanol–water partition coefficient (Wildman–Crippen LogP) is 2.48. The van der Waals surface area contributed by atoms with Gasteiger partial charge in [0, 0.05) is 24.2 Å². The third-order valence-electron chi connectivity index (χ3n) is 6.67. The van der Waals surface area contributed by atoms with E-state index in [1.807, 2.05) is 24.3 Å². The molecule has 3 aliphatic heterocycles. The molecule has 148 valence electrons. The summed E-state index contributed by atoms with van der Waals surface area (Å²) in [7, 11) is 2.90. The number of hydrogen-bond acceptors (Lipinski definition) is 5. The molecule has 1 aromatic rings. The van der Waals surface area contributed by atoms with Crippen molar-refractivity contribution < 1.29 is 19.1 Å². The van der Waals surface area contributed by atoms with Gasteiger partial charge in [0.15, 0.2) is 0 Å². The van der Waals surface area contributed by atoms with E-state index in [4.69, 9.17) is 9.47 Å². The molecule has 4 atom stereocenters. The van der Waals surface area contributed by atoms with Gasteiger partial charge in [-0.15, -0.1) is 6.58 Å². The Bertz CT molecular complexity index is 849. The van der Waals surface area contributed by atoms with Gasteiger partial charge < -0.3 is 14.8 Å². The largest absolute Gasteiger partial charge is 0.504 e. The summed E-state index contributed by atoms with van der Waals surface area (Å²) in [6.07, 6.45) is 4.83. The second kappa shape index (κ2) is 7.09. The highest BCUT2D eigenvalue weighted by atomic mass is 16.5. The maximum atomic E-state index is 13.2. The maximum absolute atomic E-state index is 13.2. The highest BCUT2D eigenvalue weighted by Gasteiger charge is 2.60. The highest BCUT2D eigenvalue weighted by molar-refractivity contribution is 6.07. The van der Waals surface area contributed by atoms with E-state index in [2.05, 4.69) is 22.9 Å². The van der Waals surface area contributed by atoms with Crippen LogP contribution in [0.4, 0.5) is 5.69 Å². The van der Waals surface area contributed by atoms with Crippen LogP contribution >= 0.6 is 0 Å². The monoisotopic (exact) mass is 382 g/mol. The number of carbonyl (C=O) groups is 2. The molecule has 0 aromatic heterocycles. The Balaban J connectivity index is 1.75. The van der Waals surface area contributed by atoms with Crippen LogP contribution in [0.2, 0.25) is 0 Å². The lowest BCUT2D eigenvalue weighted by Crippen LogP contribution is -2.53. The van der Waals surface area contributed by atoms with Crippen molar-refractivity contribution in [1.82, 2.24) is 4.90 Å². The summed E-state index contributed by atoms with van der Waals surface area (Å²) in [5.41, 5.74) is 1.90. The molecule has 0 saturated carbocycles. The molecule has 28 heavy (non-hydrogen) atoms. The van der Waals surface area contributed by atoms with Gasteiger partial charge in [0.25, 0.3) is 0 Å². The SMILES string of the molecule is C=CC1CN2CC[C@@]3(C(=O)Nc4ccccc43)[C@@H]2C[C@@H]1/C(=C\OC)C(=O)OC. The number of piperidine rings is 1. The minimum atomic E-state index is -0.574. The van der Waals surface area contributed by atoms with Crippen LogP contribution < -0.4 is 5.32 Å². The molecule has 2 saturated heterocycles. The van der Waals surface area contributed by atoms with Gasteiger partial charge >= 0.3 is 5.97 Å². The van der Waals surface area contributed by atoms with Crippen molar-refractivity contribution in [1.29, 1.82) is 0 Å². The molecule has 1 spiro atoms. The number of nitrogens with zero attached hydrogens (tertiary/aromatic N) is 1. The van der Waals surface area contributed by atoms with E-state index in [-0.39, 0.29) is 23.8 Å². The van der Waals surface area contributed by atoms with Crippen molar-refractivity contribution in [2.45, 2.75) is 24.3 Å². The van der Waals surface area contributed by atoms with Gasteiger partial charge in [0.1, 0.15) is 0 Å². The molecule has 1 aromatic carbocycles. The normalized spacial score (nSPS) is 31.9. The number of ether oxygens (including phenoxy) is 2. The zero-order chi connectivity index (χ0) is 19.9. The minimum Gasteiger partial charge on any atom is -0.504 e. The lowest BCUT2D eigenvalue weighted by Gasteiger charge is -2.44. The first-order valence-electron chi connectivity index (χ1n) is 9.65. The average molecular weight is 382 g/mol. The van der Waals surface area contributed by atoms with Crippen LogP contribution in [0.15, 0.2) is 48.8 Å². The molecule has 1 amide bonds. The number of anilines is 1. The summed E-state index contributed by atoms with van der Waals surface area (Å²) >= 11 is 0. The van der Waals surface area contributed by atoms with Gasteiger partial charge in [-0.3, -0.25) is 9.69 Å². The number of benzene rings is 1.